The number of aliphatic hydroxyl groups excluding tert-OH is 1. The second-order valence-corrected chi connectivity index (χ2v) is 3.20. The lowest BCUT2D eigenvalue weighted by molar-refractivity contribution is -0.114. The number of carbonyl (C=O) groups is 1. The minimum atomic E-state index is -0.207. The lowest BCUT2D eigenvalue weighted by atomic mass is 10.1. The van der Waals surface area contributed by atoms with E-state index in [1.54, 1.807) is 12.1 Å². The first-order valence-corrected chi connectivity index (χ1v) is 4.75. The maximum atomic E-state index is 11.0. The average molecular weight is 225 g/mol. The fourth-order valence-electron chi connectivity index (χ4n) is 1.36. The van der Waals surface area contributed by atoms with E-state index in [2.05, 4.69) is 5.32 Å². The predicted molar refractivity (Wildman–Crippen MR) is 59.8 cm³/mol. The second kappa shape index (κ2) is 5.37. The lowest BCUT2D eigenvalue weighted by Gasteiger charge is -2.13. The number of amides is 1. The molecular weight excluding hydrogens is 210 g/mol. The summed E-state index contributed by atoms with van der Waals surface area (Å²) in [5.74, 6) is 0.811. The van der Waals surface area contributed by atoms with Crippen LogP contribution >= 0.6 is 0 Å². The van der Waals surface area contributed by atoms with Crippen molar-refractivity contribution in [3.63, 3.8) is 0 Å². The van der Waals surface area contributed by atoms with Crippen molar-refractivity contribution in [3.8, 4) is 11.5 Å². The van der Waals surface area contributed by atoms with Crippen molar-refractivity contribution in [2.24, 2.45) is 0 Å². The Morgan fingerprint density at radius 2 is 1.88 bits per heavy atom. The Hall–Kier alpha value is -1.75. The Labute approximate surface area is 94.0 Å². The molecule has 1 amide bonds. The molecule has 0 saturated heterocycles. The van der Waals surface area contributed by atoms with E-state index in [9.17, 15) is 4.79 Å². The summed E-state index contributed by atoms with van der Waals surface area (Å²) in [5, 5.41) is 11.8. The van der Waals surface area contributed by atoms with Crippen LogP contribution in [-0.2, 0) is 11.4 Å². The van der Waals surface area contributed by atoms with Gasteiger partial charge in [-0.3, -0.25) is 4.79 Å². The van der Waals surface area contributed by atoms with Crippen LogP contribution in [0.3, 0.4) is 0 Å². The average Bonchev–Trinajstić information content (AvgIpc) is 2.27. The summed E-state index contributed by atoms with van der Waals surface area (Å²) in [4.78, 5) is 11.0. The van der Waals surface area contributed by atoms with Crippen LogP contribution in [0.2, 0.25) is 0 Å². The van der Waals surface area contributed by atoms with Crippen LogP contribution in [0.1, 0.15) is 12.5 Å². The van der Waals surface area contributed by atoms with Crippen LogP contribution in [0.5, 0.6) is 11.5 Å². The molecule has 0 bridgehead atoms. The maximum Gasteiger partial charge on any atom is 0.221 e. The largest absolute Gasteiger partial charge is 0.493 e. The Kier molecular flexibility index (Phi) is 4.13. The highest BCUT2D eigenvalue weighted by atomic mass is 16.5. The molecular formula is C11H15NO4. The van der Waals surface area contributed by atoms with Crippen molar-refractivity contribution in [1.82, 2.24) is 0 Å². The van der Waals surface area contributed by atoms with Gasteiger partial charge in [0.15, 0.2) is 11.5 Å². The van der Waals surface area contributed by atoms with E-state index < -0.39 is 0 Å². The van der Waals surface area contributed by atoms with Crippen molar-refractivity contribution in [3.05, 3.63) is 17.7 Å². The molecule has 0 atom stereocenters. The number of hydrogen-bond donors (Lipinski definition) is 2. The number of carbonyl (C=O) groups excluding carboxylic acids is 1. The van der Waals surface area contributed by atoms with E-state index >= 15 is 0 Å². The monoisotopic (exact) mass is 225 g/mol. The third-order valence-electron chi connectivity index (χ3n) is 2.09. The fraction of sp³-hybridized carbons (Fsp3) is 0.364. The molecule has 5 nitrogen and oxygen atoms in total. The minimum absolute atomic E-state index is 0.185. The number of benzene rings is 1. The quantitative estimate of drug-likeness (QED) is 0.806. The summed E-state index contributed by atoms with van der Waals surface area (Å²) in [5.41, 5.74) is 1.10. The number of anilines is 1. The van der Waals surface area contributed by atoms with E-state index in [0.717, 1.165) is 0 Å². The molecule has 1 aromatic carbocycles. The van der Waals surface area contributed by atoms with Gasteiger partial charge in [0.1, 0.15) is 0 Å². The van der Waals surface area contributed by atoms with Crippen LogP contribution in [0.25, 0.3) is 0 Å². The summed E-state index contributed by atoms with van der Waals surface area (Å²) >= 11 is 0. The standard InChI is InChI=1S/C11H15NO4/c1-7(14)12-9-5-11(16-3)10(15-2)4-8(9)6-13/h4-5,13H,6H2,1-3H3,(H,12,14). The number of aliphatic hydroxyl groups is 1. The molecule has 0 aromatic heterocycles. The summed E-state index contributed by atoms with van der Waals surface area (Å²) < 4.78 is 10.2. The predicted octanol–water partition coefficient (Wildman–Crippen LogP) is 1.15. The Bertz CT molecular complexity index is 390. The first-order valence-electron chi connectivity index (χ1n) is 4.75. The zero-order chi connectivity index (χ0) is 12.1. The van der Waals surface area contributed by atoms with Crippen LogP contribution in [0, 0.1) is 0 Å². The molecule has 16 heavy (non-hydrogen) atoms. The number of ether oxygens (including phenoxy) is 2. The molecule has 0 unspecified atom stereocenters. The molecule has 0 heterocycles. The number of nitrogens with one attached hydrogen (secondary N) is 1. The van der Waals surface area contributed by atoms with Crippen LogP contribution < -0.4 is 14.8 Å². The van der Waals surface area contributed by atoms with Gasteiger partial charge in [0.2, 0.25) is 5.91 Å². The maximum absolute atomic E-state index is 11.0. The van der Waals surface area contributed by atoms with Gasteiger partial charge in [0.25, 0.3) is 0 Å². The molecule has 2 N–H and O–H groups in total. The summed E-state index contributed by atoms with van der Waals surface area (Å²) in [6, 6.07) is 3.25. The van der Waals surface area contributed by atoms with Crippen molar-refractivity contribution in [2.45, 2.75) is 13.5 Å². The Balaban J connectivity index is 3.20. The van der Waals surface area contributed by atoms with E-state index in [1.807, 2.05) is 0 Å². The number of hydrogen-bond acceptors (Lipinski definition) is 4. The van der Waals surface area contributed by atoms with Gasteiger partial charge in [-0.05, 0) is 6.07 Å². The SMILES string of the molecule is COc1cc(CO)c(NC(C)=O)cc1OC. The molecule has 0 aliphatic heterocycles. The Morgan fingerprint density at radius 1 is 1.31 bits per heavy atom. The highest BCUT2D eigenvalue weighted by Gasteiger charge is 2.11. The Morgan fingerprint density at radius 3 is 2.31 bits per heavy atom. The third kappa shape index (κ3) is 2.64. The molecule has 0 radical (unpaired) electrons. The van der Waals surface area contributed by atoms with Crippen LogP contribution in [-0.4, -0.2) is 25.2 Å². The van der Waals surface area contributed by atoms with Gasteiger partial charge in [0.05, 0.1) is 26.5 Å². The lowest BCUT2D eigenvalue weighted by Crippen LogP contribution is -2.09. The smallest absolute Gasteiger partial charge is 0.221 e. The molecule has 1 rings (SSSR count). The van der Waals surface area contributed by atoms with Gasteiger partial charge in [0, 0.05) is 18.6 Å². The molecule has 1 aromatic rings. The second-order valence-electron chi connectivity index (χ2n) is 3.20. The van der Waals surface area contributed by atoms with Crippen molar-refractivity contribution in [1.29, 1.82) is 0 Å². The van der Waals surface area contributed by atoms with Gasteiger partial charge < -0.3 is 19.9 Å². The van der Waals surface area contributed by atoms with E-state index in [-0.39, 0.29) is 12.5 Å². The molecule has 0 saturated carbocycles. The summed E-state index contributed by atoms with van der Waals surface area (Å²) in [6.07, 6.45) is 0. The zero-order valence-corrected chi connectivity index (χ0v) is 9.53. The van der Waals surface area contributed by atoms with Gasteiger partial charge in [-0.1, -0.05) is 0 Å². The normalized spacial score (nSPS) is 9.75. The van der Waals surface area contributed by atoms with Crippen LogP contribution in [0.4, 0.5) is 5.69 Å². The first-order chi connectivity index (χ1) is 7.62. The number of methoxy groups -OCH3 is 2. The third-order valence-corrected chi connectivity index (χ3v) is 2.09. The molecule has 88 valence electrons. The molecule has 0 aliphatic rings. The van der Waals surface area contributed by atoms with E-state index in [4.69, 9.17) is 14.6 Å². The van der Waals surface area contributed by atoms with Crippen LogP contribution in [0.15, 0.2) is 12.1 Å². The topological polar surface area (TPSA) is 67.8 Å². The van der Waals surface area contributed by atoms with Gasteiger partial charge in [-0.2, -0.15) is 0 Å². The highest BCUT2D eigenvalue weighted by Crippen LogP contribution is 2.33. The first kappa shape index (κ1) is 12.3. The number of rotatable bonds is 4. The highest BCUT2D eigenvalue weighted by molar-refractivity contribution is 5.90. The van der Waals surface area contributed by atoms with Gasteiger partial charge in [-0.15, -0.1) is 0 Å². The van der Waals surface area contributed by atoms with Crippen molar-refractivity contribution < 1.29 is 19.4 Å². The fourth-order valence-corrected chi connectivity index (χ4v) is 1.36. The zero-order valence-electron chi connectivity index (χ0n) is 9.53. The van der Waals surface area contributed by atoms with E-state index in [1.165, 1.54) is 21.1 Å². The molecule has 0 fully saturated rings. The minimum Gasteiger partial charge on any atom is -0.493 e. The summed E-state index contributed by atoms with van der Waals surface area (Å²) in [6.45, 7) is 1.22. The molecule has 5 heteroatoms. The van der Waals surface area contributed by atoms with Crippen molar-refractivity contribution in [2.75, 3.05) is 19.5 Å². The molecule has 0 spiro atoms. The van der Waals surface area contributed by atoms with Crippen molar-refractivity contribution >= 4 is 11.6 Å². The molecule has 0 aliphatic carbocycles. The van der Waals surface area contributed by atoms with Gasteiger partial charge >= 0.3 is 0 Å². The van der Waals surface area contributed by atoms with E-state index in [0.29, 0.717) is 22.7 Å². The van der Waals surface area contributed by atoms with Gasteiger partial charge in [-0.25, -0.2) is 0 Å². The summed E-state index contributed by atoms with van der Waals surface area (Å²) in [7, 11) is 3.02.